The van der Waals surface area contributed by atoms with Gasteiger partial charge in [-0.05, 0) is 38.3 Å². The van der Waals surface area contributed by atoms with Gasteiger partial charge in [-0.1, -0.05) is 0 Å². The lowest BCUT2D eigenvalue weighted by molar-refractivity contribution is -0.137. The van der Waals surface area contributed by atoms with Crippen molar-refractivity contribution in [2.45, 2.75) is 44.4 Å². The summed E-state index contributed by atoms with van der Waals surface area (Å²) in [7, 11) is 0. The van der Waals surface area contributed by atoms with Gasteiger partial charge < -0.3 is 10.6 Å². The van der Waals surface area contributed by atoms with Gasteiger partial charge in [-0.25, -0.2) is 0 Å². The molecular weight excluding hydrogens is 283 g/mol. The van der Waals surface area contributed by atoms with Crippen molar-refractivity contribution >= 4 is 5.91 Å². The van der Waals surface area contributed by atoms with Gasteiger partial charge in [-0.3, -0.25) is 9.78 Å². The molecule has 1 aliphatic heterocycles. The van der Waals surface area contributed by atoms with Gasteiger partial charge in [-0.15, -0.1) is 0 Å². The van der Waals surface area contributed by atoms with Crippen molar-refractivity contribution in [1.29, 1.82) is 0 Å². The second-order valence-electron chi connectivity index (χ2n) is 5.31. The van der Waals surface area contributed by atoms with Gasteiger partial charge in [0.15, 0.2) is 0 Å². The van der Waals surface area contributed by atoms with Gasteiger partial charge >= 0.3 is 6.18 Å². The number of amides is 1. The average Bonchev–Trinajstić information content (AvgIpc) is 2.45. The zero-order valence-electron chi connectivity index (χ0n) is 11.7. The van der Waals surface area contributed by atoms with Crippen LogP contribution in [0, 0.1) is 0 Å². The van der Waals surface area contributed by atoms with Crippen molar-refractivity contribution in [1.82, 2.24) is 9.88 Å². The van der Waals surface area contributed by atoms with E-state index < -0.39 is 11.7 Å². The largest absolute Gasteiger partial charge is 0.417 e. The summed E-state index contributed by atoms with van der Waals surface area (Å²) in [6.07, 6.45) is -1.09. The molecule has 116 valence electrons. The average molecular weight is 301 g/mol. The van der Waals surface area contributed by atoms with Crippen molar-refractivity contribution < 1.29 is 18.0 Å². The summed E-state index contributed by atoms with van der Waals surface area (Å²) >= 11 is 0. The monoisotopic (exact) mass is 301 g/mol. The van der Waals surface area contributed by atoms with Crippen LogP contribution in [0.2, 0.25) is 0 Å². The Balaban J connectivity index is 2.22. The van der Waals surface area contributed by atoms with Crippen LogP contribution in [0.4, 0.5) is 13.2 Å². The van der Waals surface area contributed by atoms with E-state index in [4.69, 9.17) is 5.73 Å². The van der Waals surface area contributed by atoms with E-state index in [1.165, 1.54) is 0 Å². The summed E-state index contributed by atoms with van der Waals surface area (Å²) in [4.78, 5) is 17.8. The molecule has 2 heterocycles. The molecule has 1 aliphatic rings. The van der Waals surface area contributed by atoms with Crippen molar-refractivity contribution in [3.05, 3.63) is 29.6 Å². The molecule has 0 radical (unpaired) electrons. The number of halogens is 3. The Morgan fingerprint density at radius 3 is 2.67 bits per heavy atom. The first-order valence-electron chi connectivity index (χ1n) is 6.90. The molecule has 2 N–H and O–H groups in total. The molecule has 0 bridgehead atoms. The minimum absolute atomic E-state index is 0.0175. The number of rotatable bonds is 2. The first-order valence-corrected chi connectivity index (χ1v) is 6.90. The quantitative estimate of drug-likeness (QED) is 0.912. The SMILES string of the molecule is CC1CCCC(CN)N1C(=O)c1ccc(C(F)(F)F)cn1. The second-order valence-corrected chi connectivity index (χ2v) is 5.31. The van der Waals surface area contributed by atoms with Crippen LogP contribution in [0.25, 0.3) is 0 Å². The number of nitrogens with zero attached hydrogens (tertiary/aromatic N) is 2. The Morgan fingerprint density at radius 2 is 2.14 bits per heavy atom. The first-order chi connectivity index (χ1) is 9.84. The number of hydrogen-bond acceptors (Lipinski definition) is 3. The minimum atomic E-state index is -4.45. The third kappa shape index (κ3) is 3.34. The number of carbonyl (C=O) groups excluding carboxylic acids is 1. The first kappa shape index (κ1) is 15.8. The molecule has 1 fully saturated rings. The Bertz CT molecular complexity index is 501. The van der Waals surface area contributed by atoms with E-state index in [1.54, 1.807) is 4.90 Å². The predicted octanol–water partition coefficient (Wildman–Crippen LogP) is 2.44. The highest BCUT2D eigenvalue weighted by Crippen LogP contribution is 2.29. The van der Waals surface area contributed by atoms with E-state index in [0.29, 0.717) is 12.7 Å². The summed E-state index contributed by atoms with van der Waals surface area (Å²) in [5.74, 6) is -0.355. The predicted molar refractivity (Wildman–Crippen MR) is 71.6 cm³/mol. The summed E-state index contributed by atoms with van der Waals surface area (Å²) in [6.45, 7) is 2.26. The van der Waals surface area contributed by atoms with E-state index in [2.05, 4.69) is 4.98 Å². The van der Waals surface area contributed by atoms with E-state index in [1.807, 2.05) is 6.92 Å². The molecule has 0 saturated carbocycles. The highest BCUT2D eigenvalue weighted by atomic mass is 19.4. The number of hydrogen-bond donors (Lipinski definition) is 1. The zero-order valence-corrected chi connectivity index (χ0v) is 11.7. The molecule has 4 nitrogen and oxygen atoms in total. The van der Waals surface area contributed by atoms with Gasteiger partial charge in [0, 0.05) is 24.8 Å². The number of carbonyl (C=O) groups is 1. The van der Waals surface area contributed by atoms with Crippen LogP contribution in [0.3, 0.4) is 0 Å². The molecule has 2 rings (SSSR count). The highest BCUT2D eigenvalue weighted by Gasteiger charge is 2.34. The molecule has 1 aromatic heterocycles. The Kier molecular flexibility index (Phi) is 4.51. The van der Waals surface area contributed by atoms with Crippen LogP contribution in [-0.2, 0) is 6.18 Å². The maximum atomic E-state index is 12.5. The second kappa shape index (κ2) is 6.01. The van der Waals surface area contributed by atoms with Crippen molar-refractivity contribution in [3.63, 3.8) is 0 Å². The van der Waals surface area contributed by atoms with Crippen molar-refractivity contribution in [2.75, 3.05) is 6.54 Å². The van der Waals surface area contributed by atoms with Crippen molar-refractivity contribution in [3.8, 4) is 0 Å². The van der Waals surface area contributed by atoms with Crippen LogP contribution in [-0.4, -0.2) is 34.4 Å². The fraction of sp³-hybridized carbons (Fsp3) is 0.571. The highest BCUT2D eigenvalue weighted by molar-refractivity contribution is 5.92. The molecule has 1 saturated heterocycles. The van der Waals surface area contributed by atoms with Crippen LogP contribution in [0.5, 0.6) is 0 Å². The summed E-state index contributed by atoms with van der Waals surface area (Å²) < 4.78 is 37.5. The third-order valence-corrected chi connectivity index (χ3v) is 3.84. The molecule has 0 aromatic carbocycles. The van der Waals surface area contributed by atoms with E-state index >= 15 is 0 Å². The Labute approximate surface area is 121 Å². The summed E-state index contributed by atoms with van der Waals surface area (Å²) in [5, 5.41) is 0. The Morgan fingerprint density at radius 1 is 1.43 bits per heavy atom. The topological polar surface area (TPSA) is 59.2 Å². The fourth-order valence-corrected chi connectivity index (χ4v) is 2.70. The molecule has 2 atom stereocenters. The number of nitrogens with two attached hydrogens (primary N) is 1. The smallest absolute Gasteiger partial charge is 0.330 e. The zero-order chi connectivity index (χ0) is 15.6. The molecule has 1 amide bonds. The standard InChI is InChI=1S/C14H18F3N3O/c1-9-3-2-4-11(7-18)20(9)13(21)12-6-5-10(8-19-12)14(15,16)17/h5-6,8-9,11H,2-4,7,18H2,1H3. The van der Waals surface area contributed by atoms with E-state index in [-0.39, 0.29) is 23.7 Å². The Hall–Kier alpha value is -1.63. The van der Waals surface area contributed by atoms with Gasteiger partial charge in [0.1, 0.15) is 5.69 Å². The van der Waals surface area contributed by atoms with Gasteiger partial charge in [0.2, 0.25) is 0 Å². The molecule has 21 heavy (non-hydrogen) atoms. The molecule has 1 aromatic rings. The fourth-order valence-electron chi connectivity index (χ4n) is 2.70. The number of piperidine rings is 1. The van der Waals surface area contributed by atoms with Crippen LogP contribution in [0.15, 0.2) is 18.3 Å². The minimum Gasteiger partial charge on any atom is -0.330 e. The molecule has 0 spiro atoms. The lowest BCUT2D eigenvalue weighted by Crippen LogP contribution is -2.52. The van der Waals surface area contributed by atoms with Gasteiger partial charge in [-0.2, -0.15) is 13.2 Å². The molecule has 0 aliphatic carbocycles. The number of likely N-dealkylation sites (tertiary alicyclic amines) is 1. The molecule has 7 heteroatoms. The lowest BCUT2D eigenvalue weighted by atomic mass is 9.96. The summed E-state index contributed by atoms with van der Waals surface area (Å²) in [6, 6.07) is 1.95. The van der Waals surface area contributed by atoms with Gasteiger partial charge in [0.25, 0.3) is 5.91 Å². The lowest BCUT2D eigenvalue weighted by Gasteiger charge is -2.40. The maximum absolute atomic E-state index is 12.5. The maximum Gasteiger partial charge on any atom is 0.417 e. The number of pyridine rings is 1. The van der Waals surface area contributed by atoms with E-state index in [0.717, 1.165) is 31.4 Å². The number of aromatic nitrogens is 1. The van der Waals surface area contributed by atoms with E-state index in [9.17, 15) is 18.0 Å². The van der Waals surface area contributed by atoms with Crippen LogP contribution in [0.1, 0.15) is 42.2 Å². The number of alkyl halides is 3. The van der Waals surface area contributed by atoms with Crippen LogP contribution < -0.4 is 5.73 Å². The van der Waals surface area contributed by atoms with Crippen molar-refractivity contribution in [2.24, 2.45) is 5.73 Å². The molecular formula is C14H18F3N3O. The molecule has 2 unspecified atom stereocenters. The summed E-state index contributed by atoms with van der Waals surface area (Å²) in [5.41, 5.74) is 4.85. The normalized spacial score (nSPS) is 23.2. The third-order valence-electron chi connectivity index (χ3n) is 3.84. The van der Waals surface area contributed by atoms with Crippen LogP contribution >= 0.6 is 0 Å². The van der Waals surface area contributed by atoms with Gasteiger partial charge in [0.05, 0.1) is 5.56 Å².